The molecule has 0 atom stereocenters. The highest BCUT2D eigenvalue weighted by Crippen LogP contribution is 2.30. The average Bonchev–Trinajstić information content (AvgIpc) is 2.42. The molecule has 3 nitrogen and oxygen atoms in total. The number of methoxy groups -OCH3 is 1. The van der Waals surface area contributed by atoms with Crippen LogP contribution in [-0.2, 0) is 11.2 Å². The molecular weight excluding hydrogens is 279 g/mol. The summed E-state index contributed by atoms with van der Waals surface area (Å²) in [5.41, 5.74) is 0.191. The first-order valence-corrected chi connectivity index (χ1v) is 6.72. The molecule has 0 saturated heterocycles. The summed E-state index contributed by atoms with van der Waals surface area (Å²) in [7, 11) is 1.60. The van der Waals surface area contributed by atoms with E-state index in [0.29, 0.717) is 0 Å². The van der Waals surface area contributed by atoms with Gasteiger partial charge < -0.3 is 9.84 Å². The van der Waals surface area contributed by atoms with Gasteiger partial charge in [-0.15, -0.1) is 0 Å². The minimum absolute atomic E-state index is 0.191. The molecule has 20 heavy (non-hydrogen) atoms. The number of carbonyl (C=O) groups is 1. The highest BCUT2D eigenvalue weighted by Gasteiger charge is 2.08. The molecule has 0 aromatic heterocycles. The van der Waals surface area contributed by atoms with Crippen molar-refractivity contribution in [3.63, 3.8) is 0 Å². The van der Waals surface area contributed by atoms with Crippen molar-refractivity contribution in [2.24, 2.45) is 0 Å². The zero-order valence-electron chi connectivity index (χ0n) is 10.8. The summed E-state index contributed by atoms with van der Waals surface area (Å²) in [6.07, 6.45) is -0.306. The zero-order chi connectivity index (χ0) is 14.5. The Kier molecular flexibility index (Phi) is 4.63. The molecule has 0 spiro atoms. The molecule has 0 bridgehead atoms. The van der Waals surface area contributed by atoms with Gasteiger partial charge in [0.1, 0.15) is 11.6 Å². The third-order valence-corrected chi connectivity index (χ3v) is 3.66. The van der Waals surface area contributed by atoms with Crippen molar-refractivity contribution in [1.82, 2.24) is 0 Å². The molecule has 0 heterocycles. The quantitative estimate of drug-likeness (QED) is 0.914. The van der Waals surface area contributed by atoms with Crippen LogP contribution in [0.15, 0.2) is 52.3 Å². The molecule has 104 valence electrons. The molecule has 0 aliphatic carbocycles. The Morgan fingerprint density at radius 1 is 1.20 bits per heavy atom. The maximum atomic E-state index is 13.7. The molecule has 2 rings (SSSR count). The second kappa shape index (κ2) is 6.43. The lowest BCUT2D eigenvalue weighted by atomic mass is 10.1. The SMILES string of the molecule is COc1ccc(Sc2ccc(CC(=O)O)c(F)c2)cc1. The molecule has 0 radical (unpaired) electrons. The Hall–Kier alpha value is -2.01. The summed E-state index contributed by atoms with van der Waals surface area (Å²) in [6, 6.07) is 12.0. The summed E-state index contributed by atoms with van der Waals surface area (Å²) in [5, 5.41) is 8.66. The van der Waals surface area contributed by atoms with E-state index >= 15 is 0 Å². The lowest BCUT2D eigenvalue weighted by Crippen LogP contribution is -2.02. The number of hydrogen-bond acceptors (Lipinski definition) is 3. The van der Waals surface area contributed by atoms with Gasteiger partial charge in [-0.1, -0.05) is 17.8 Å². The Bertz CT molecular complexity index is 611. The third kappa shape index (κ3) is 3.74. The Morgan fingerprint density at radius 3 is 2.40 bits per heavy atom. The summed E-state index contributed by atoms with van der Waals surface area (Å²) >= 11 is 1.41. The molecule has 2 aromatic rings. The van der Waals surface area contributed by atoms with E-state index in [0.717, 1.165) is 15.5 Å². The van der Waals surface area contributed by atoms with Crippen molar-refractivity contribution in [2.75, 3.05) is 7.11 Å². The highest BCUT2D eigenvalue weighted by atomic mass is 32.2. The van der Waals surface area contributed by atoms with Gasteiger partial charge in [-0.2, -0.15) is 0 Å². The zero-order valence-corrected chi connectivity index (χ0v) is 11.6. The number of rotatable bonds is 5. The van der Waals surface area contributed by atoms with Gasteiger partial charge in [0.25, 0.3) is 0 Å². The minimum atomic E-state index is -1.04. The minimum Gasteiger partial charge on any atom is -0.497 e. The lowest BCUT2D eigenvalue weighted by Gasteiger charge is -2.05. The summed E-state index contributed by atoms with van der Waals surface area (Å²) < 4.78 is 18.8. The van der Waals surface area contributed by atoms with Crippen molar-refractivity contribution in [1.29, 1.82) is 0 Å². The van der Waals surface area contributed by atoms with Crippen molar-refractivity contribution in [3.05, 3.63) is 53.8 Å². The molecule has 0 saturated carbocycles. The number of benzene rings is 2. The Morgan fingerprint density at radius 2 is 1.85 bits per heavy atom. The molecule has 2 aromatic carbocycles. The van der Waals surface area contributed by atoms with Gasteiger partial charge in [0.05, 0.1) is 13.5 Å². The molecule has 0 amide bonds. The Labute approximate surface area is 120 Å². The van der Waals surface area contributed by atoms with E-state index < -0.39 is 11.8 Å². The summed E-state index contributed by atoms with van der Waals surface area (Å²) in [6.45, 7) is 0. The predicted octanol–water partition coefficient (Wildman–Crippen LogP) is 3.61. The lowest BCUT2D eigenvalue weighted by molar-refractivity contribution is -0.136. The average molecular weight is 292 g/mol. The van der Waals surface area contributed by atoms with Gasteiger partial charge in [-0.05, 0) is 42.0 Å². The van der Waals surface area contributed by atoms with E-state index in [9.17, 15) is 9.18 Å². The number of carboxylic acids is 1. The first-order valence-electron chi connectivity index (χ1n) is 5.90. The third-order valence-electron chi connectivity index (χ3n) is 2.66. The van der Waals surface area contributed by atoms with E-state index in [4.69, 9.17) is 9.84 Å². The van der Waals surface area contributed by atoms with Crippen molar-refractivity contribution in [2.45, 2.75) is 16.2 Å². The number of aliphatic carboxylic acids is 1. The molecule has 1 N–H and O–H groups in total. The summed E-state index contributed by atoms with van der Waals surface area (Å²) in [5.74, 6) is -0.775. The molecule has 0 aliphatic heterocycles. The fourth-order valence-electron chi connectivity index (χ4n) is 1.68. The molecule has 0 aliphatic rings. The smallest absolute Gasteiger partial charge is 0.307 e. The molecule has 5 heteroatoms. The van der Waals surface area contributed by atoms with Crippen LogP contribution in [0.5, 0.6) is 5.75 Å². The number of hydrogen-bond donors (Lipinski definition) is 1. The highest BCUT2D eigenvalue weighted by molar-refractivity contribution is 7.99. The van der Waals surface area contributed by atoms with E-state index in [2.05, 4.69) is 0 Å². The molecule has 0 fully saturated rings. The van der Waals surface area contributed by atoms with Crippen LogP contribution in [-0.4, -0.2) is 18.2 Å². The van der Waals surface area contributed by atoms with Gasteiger partial charge in [-0.25, -0.2) is 4.39 Å². The first-order chi connectivity index (χ1) is 9.58. The fraction of sp³-hybridized carbons (Fsp3) is 0.133. The Balaban J connectivity index is 2.13. The van der Waals surface area contributed by atoms with Crippen LogP contribution >= 0.6 is 11.8 Å². The first kappa shape index (κ1) is 14.4. The monoisotopic (exact) mass is 292 g/mol. The van der Waals surface area contributed by atoms with Gasteiger partial charge in [0.2, 0.25) is 0 Å². The number of ether oxygens (including phenoxy) is 1. The van der Waals surface area contributed by atoms with Crippen LogP contribution < -0.4 is 4.74 Å². The van der Waals surface area contributed by atoms with Crippen molar-refractivity contribution < 1.29 is 19.0 Å². The molecular formula is C15H13FO3S. The fourth-order valence-corrected chi connectivity index (χ4v) is 2.52. The van der Waals surface area contributed by atoms with Crippen LogP contribution in [0.2, 0.25) is 0 Å². The van der Waals surface area contributed by atoms with Gasteiger partial charge in [0.15, 0.2) is 0 Å². The number of halogens is 1. The maximum absolute atomic E-state index is 13.7. The van der Waals surface area contributed by atoms with Gasteiger partial charge in [0, 0.05) is 9.79 Å². The van der Waals surface area contributed by atoms with Crippen molar-refractivity contribution in [3.8, 4) is 5.75 Å². The normalized spacial score (nSPS) is 10.3. The molecule has 0 unspecified atom stereocenters. The van der Waals surface area contributed by atoms with Crippen LogP contribution in [0.1, 0.15) is 5.56 Å². The van der Waals surface area contributed by atoms with Gasteiger partial charge in [-0.3, -0.25) is 4.79 Å². The standard InChI is InChI=1S/C15H13FO3S/c1-19-11-3-6-12(7-4-11)20-13-5-2-10(8-15(17)18)14(16)9-13/h2-7,9H,8H2,1H3,(H,17,18). The predicted molar refractivity (Wildman–Crippen MR) is 74.9 cm³/mol. The van der Waals surface area contributed by atoms with Crippen molar-refractivity contribution >= 4 is 17.7 Å². The van der Waals surface area contributed by atoms with E-state index in [1.54, 1.807) is 13.2 Å². The second-order valence-corrected chi connectivity index (χ2v) is 5.25. The van der Waals surface area contributed by atoms with Crippen LogP contribution in [0.4, 0.5) is 4.39 Å². The van der Waals surface area contributed by atoms with E-state index in [1.807, 2.05) is 24.3 Å². The van der Waals surface area contributed by atoms with Crippen LogP contribution in [0.3, 0.4) is 0 Å². The topological polar surface area (TPSA) is 46.5 Å². The maximum Gasteiger partial charge on any atom is 0.307 e. The van der Waals surface area contributed by atoms with E-state index in [1.165, 1.54) is 23.9 Å². The van der Waals surface area contributed by atoms with Crippen LogP contribution in [0.25, 0.3) is 0 Å². The van der Waals surface area contributed by atoms with Crippen LogP contribution in [0, 0.1) is 5.82 Å². The summed E-state index contributed by atoms with van der Waals surface area (Å²) in [4.78, 5) is 12.3. The van der Waals surface area contributed by atoms with Gasteiger partial charge >= 0.3 is 5.97 Å². The second-order valence-electron chi connectivity index (χ2n) is 4.10. The van der Waals surface area contributed by atoms with E-state index in [-0.39, 0.29) is 12.0 Å². The number of carboxylic acid groups (broad SMARTS) is 1. The largest absolute Gasteiger partial charge is 0.497 e.